The predicted molar refractivity (Wildman–Crippen MR) is 87.0 cm³/mol. The van der Waals surface area contributed by atoms with Gasteiger partial charge in [-0.1, -0.05) is 24.2 Å². The van der Waals surface area contributed by atoms with Crippen molar-refractivity contribution in [1.29, 1.82) is 0 Å². The minimum absolute atomic E-state index is 0.0808. The summed E-state index contributed by atoms with van der Waals surface area (Å²) in [6.45, 7) is 3.47. The highest BCUT2D eigenvalue weighted by atomic mass is 19.1. The average molecular weight is 331 g/mol. The Bertz CT molecular complexity index is 676. The molecule has 1 fully saturated rings. The van der Waals surface area contributed by atoms with Crippen molar-refractivity contribution in [2.24, 2.45) is 0 Å². The summed E-state index contributed by atoms with van der Waals surface area (Å²) in [7, 11) is 0. The second-order valence-electron chi connectivity index (χ2n) is 6.26. The lowest BCUT2D eigenvalue weighted by Gasteiger charge is -2.30. The fourth-order valence-corrected chi connectivity index (χ4v) is 3.02. The Labute approximate surface area is 140 Å². The molecule has 0 spiro atoms. The number of nitrogens with zero attached hydrogens (tertiary/aromatic N) is 3. The van der Waals surface area contributed by atoms with Crippen molar-refractivity contribution in [1.82, 2.24) is 15.0 Å². The third-order valence-electron chi connectivity index (χ3n) is 4.42. The first kappa shape index (κ1) is 16.6. The molecule has 1 aromatic heterocycles. The highest BCUT2D eigenvalue weighted by molar-refractivity contribution is 5.78. The first-order valence-electron chi connectivity index (χ1n) is 8.50. The quantitative estimate of drug-likeness (QED) is 0.845. The standard InChI is InChI=1S/C18H22FN3O2/c1-2-3-16-20-18(24-21-16)14-8-10-22(11-9-14)17(23)12-13-4-6-15(19)7-5-13/h4-7,14H,2-3,8-12H2,1H3. The van der Waals surface area contributed by atoms with E-state index in [1.54, 1.807) is 12.1 Å². The van der Waals surface area contributed by atoms with E-state index in [0.717, 1.165) is 37.1 Å². The smallest absolute Gasteiger partial charge is 0.229 e. The van der Waals surface area contributed by atoms with Gasteiger partial charge in [-0.05, 0) is 37.0 Å². The van der Waals surface area contributed by atoms with Crippen LogP contribution in [0.4, 0.5) is 4.39 Å². The molecule has 0 bridgehead atoms. The summed E-state index contributed by atoms with van der Waals surface area (Å²) in [5.41, 5.74) is 0.838. The second-order valence-corrected chi connectivity index (χ2v) is 6.26. The molecule has 0 radical (unpaired) electrons. The molecule has 2 aromatic rings. The van der Waals surface area contributed by atoms with E-state index in [1.807, 2.05) is 4.90 Å². The number of amides is 1. The molecule has 6 heteroatoms. The summed E-state index contributed by atoms with van der Waals surface area (Å²) in [6.07, 6.45) is 3.81. The van der Waals surface area contributed by atoms with Gasteiger partial charge in [-0.25, -0.2) is 4.39 Å². The Kier molecular flexibility index (Phi) is 5.23. The summed E-state index contributed by atoms with van der Waals surface area (Å²) in [5.74, 6) is 1.50. The van der Waals surface area contributed by atoms with E-state index in [1.165, 1.54) is 12.1 Å². The topological polar surface area (TPSA) is 59.2 Å². The molecule has 2 heterocycles. The van der Waals surface area contributed by atoms with Gasteiger partial charge >= 0.3 is 0 Å². The fraction of sp³-hybridized carbons (Fsp3) is 0.500. The Hall–Kier alpha value is -2.24. The molecule has 24 heavy (non-hydrogen) atoms. The molecular formula is C18H22FN3O2. The maximum Gasteiger partial charge on any atom is 0.229 e. The van der Waals surface area contributed by atoms with E-state index in [2.05, 4.69) is 17.1 Å². The Morgan fingerprint density at radius 2 is 2.00 bits per heavy atom. The van der Waals surface area contributed by atoms with E-state index in [-0.39, 0.29) is 17.6 Å². The molecule has 1 aliphatic heterocycles. The molecule has 128 valence electrons. The number of benzene rings is 1. The van der Waals surface area contributed by atoms with Crippen LogP contribution in [0.1, 0.15) is 49.4 Å². The molecule has 1 aliphatic rings. The molecule has 0 N–H and O–H groups in total. The zero-order valence-electron chi connectivity index (χ0n) is 13.9. The summed E-state index contributed by atoms with van der Waals surface area (Å²) in [4.78, 5) is 18.7. The van der Waals surface area contributed by atoms with Crippen LogP contribution in [0.3, 0.4) is 0 Å². The van der Waals surface area contributed by atoms with Crippen LogP contribution >= 0.6 is 0 Å². The molecular weight excluding hydrogens is 309 g/mol. The van der Waals surface area contributed by atoms with Crippen molar-refractivity contribution in [2.75, 3.05) is 13.1 Å². The van der Waals surface area contributed by atoms with Crippen molar-refractivity contribution >= 4 is 5.91 Å². The van der Waals surface area contributed by atoms with Gasteiger partial charge in [0.2, 0.25) is 11.8 Å². The first-order valence-corrected chi connectivity index (χ1v) is 8.50. The van der Waals surface area contributed by atoms with Crippen molar-refractivity contribution in [2.45, 2.75) is 44.9 Å². The minimum atomic E-state index is -0.283. The van der Waals surface area contributed by atoms with E-state index in [4.69, 9.17) is 4.52 Å². The number of aromatic nitrogens is 2. The maximum absolute atomic E-state index is 12.9. The van der Waals surface area contributed by atoms with Gasteiger partial charge in [0.15, 0.2) is 5.82 Å². The highest BCUT2D eigenvalue weighted by Gasteiger charge is 2.27. The number of carbonyl (C=O) groups excluding carboxylic acids is 1. The van der Waals surface area contributed by atoms with Gasteiger partial charge in [0, 0.05) is 25.4 Å². The molecule has 1 saturated heterocycles. The Morgan fingerprint density at radius 3 is 2.67 bits per heavy atom. The van der Waals surface area contributed by atoms with Gasteiger partial charge in [-0.15, -0.1) is 0 Å². The van der Waals surface area contributed by atoms with Crippen molar-refractivity contribution in [3.8, 4) is 0 Å². The van der Waals surface area contributed by atoms with E-state index < -0.39 is 0 Å². The molecule has 5 nitrogen and oxygen atoms in total. The number of likely N-dealkylation sites (tertiary alicyclic amines) is 1. The largest absolute Gasteiger partial charge is 0.342 e. The normalized spacial score (nSPS) is 15.7. The fourth-order valence-electron chi connectivity index (χ4n) is 3.02. The van der Waals surface area contributed by atoms with Crippen LogP contribution in [0.15, 0.2) is 28.8 Å². The third kappa shape index (κ3) is 3.99. The Morgan fingerprint density at radius 1 is 1.29 bits per heavy atom. The van der Waals surface area contributed by atoms with Gasteiger partial charge in [-0.2, -0.15) is 4.98 Å². The molecule has 0 unspecified atom stereocenters. The van der Waals surface area contributed by atoms with Crippen LogP contribution in [-0.4, -0.2) is 34.0 Å². The molecule has 1 aromatic carbocycles. The lowest BCUT2D eigenvalue weighted by Crippen LogP contribution is -2.38. The zero-order valence-corrected chi connectivity index (χ0v) is 13.9. The number of hydrogen-bond donors (Lipinski definition) is 0. The number of halogens is 1. The number of hydrogen-bond acceptors (Lipinski definition) is 4. The SMILES string of the molecule is CCCc1noc(C2CCN(C(=O)Cc3ccc(F)cc3)CC2)n1. The van der Waals surface area contributed by atoms with Crippen LogP contribution in [0.5, 0.6) is 0 Å². The summed E-state index contributed by atoms with van der Waals surface area (Å²) in [6, 6.07) is 6.10. The van der Waals surface area contributed by atoms with Crippen LogP contribution in [-0.2, 0) is 17.6 Å². The van der Waals surface area contributed by atoms with Gasteiger partial charge in [-0.3, -0.25) is 4.79 Å². The molecule has 1 amide bonds. The number of carbonyl (C=O) groups is 1. The zero-order chi connectivity index (χ0) is 16.9. The Balaban J connectivity index is 1.52. The van der Waals surface area contributed by atoms with Crippen LogP contribution < -0.4 is 0 Å². The molecule has 3 rings (SSSR count). The maximum atomic E-state index is 12.9. The van der Waals surface area contributed by atoms with Crippen LogP contribution in [0, 0.1) is 5.82 Å². The summed E-state index contributed by atoms with van der Waals surface area (Å²) >= 11 is 0. The lowest BCUT2D eigenvalue weighted by molar-refractivity contribution is -0.131. The van der Waals surface area contributed by atoms with Crippen molar-refractivity contribution in [3.05, 3.63) is 47.4 Å². The van der Waals surface area contributed by atoms with Crippen molar-refractivity contribution < 1.29 is 13.7 Å². The van der Waals surface area contributed by atoms with Gasteiger partial charge in [0.25, 0.3) is 0 Å². The molecule has 0 atom stereocenters. The molecule has 0 saturated carbocycles. The van der Waals surface area contributed by atoms with Gasteiger partial charge < -0.3 is 9.42 Å². The van der Waals surface area contributed by atoms with E-state index >= 15 is 0 Å². The highest BCUT2D eigenvalue weighted by Crippen LogP contribution is 2.27. The van der Waals surface area contributed by atoms with Gasteiger partial charge in [0.05, 0.1) is 6.42 Å². The van der Waals surface area contributed by atoms with Crippen LogP contribution in [0.25, 0.3) is 0 Å². The number of rotatable bonds is 5. The van der Waals surface area contributed by atoms with E-state index in [9.17, 15) is 9.18 Å². The number of aryl methyl sites for hydroxylation is 1. The van der Waals surface area contributed by atoms with Gasteiger partial charge in [0.1, 0.15) is 5.82 Å². The lowest BCUT2D eigenvalue weighted by atomic mass is 9.96. The first-order chi connectivity index (χ1) is 11.7. The minimum Gasteiger partial charge on any atom is -0.342 e. The summed E-state index contributed by atoms with van der Waals surface area (Å²) < 4.78 is 18.3. The second kappa shape index (κ2) is 7.55. The average Bonchev–Trinajstić information content (AvgIpc) is 3.06. The monoisotopic (exact) mass is 331 g/mol. The van der Waals surface area contributed by atoms with Crippen LogP contribution in [0.2, 0.25) is 0 Å². The number of piperidine rings is 1. The predicted octanol–water partition coefficient (Wildman–Crippen LogP) is 3.11. The third-order valence-corrected chi connectivity index (χ3v) is 4.42. The summed E-state index contributed by atoms with van der Waals surface area (Å²) in [5, 5.41) is 4.00. The van der Waals surface area contributed by atoms with E-state index in [0.29, 0.717) is 25.4 Å². The molecule has 0 aliphatic carbocycles. The van der Waals surface area contributed by atoms with Crippen molar-refractivity contribution in [3.63, 3.8) is 0 Å².